The molecule has 0 atom stereocenters. The summed E-state index contributed by atoms with van der Waals surface area (Å²) in [4.78, 5) is 12.4. The number of methoxy groups -OCH3 is 2. The van der Waals surface area contributed by atoms with Gasteiger partial charge in [-0.1, -0.05) is 24.3 Å². The maximum atomic E-state index is 12.8. The third kappa shape index (κ3) is 7.01. The van der Waals surface area contributed by atoms with Crippen LogP contribution in [0.15, 0.2) is 107 Å². The molecule has 0 aromatic heterocycles. The average molecular weight is 585 g/mol. The quantitative estimate of drug-likeness (QED) is 0.249. The minimum atomic E-state index is -4.23. The number of carbonyl (C=O) groups excluding carboxylic acids is 1. The van der Waals surface area contributed by atoms with Crippen LogP contribution in [0.5, 0.6) is 23.0 Å². The Hall–Kier alpha value is -4.75. The lowest BCUT2D eigenvalue weighted by Gasteiger charge is -2.13. The van der Waals surface area contributed by atoms with Crippen molar-refractivity contribution in [2.45, 2.75) is 9.79 Å². The molecule has 4 rings (SSSR count). The van der Waals surface area contributed by atoms with Gasteiger partial charge in [0.2, 0.25) is 0 Å². The van der Waals surface area contributed by atoms with Gasteiger partial charge in [-0.05, 0) is 60.7 Å². The Labute approximate surface area is 231 Å². The first-order chi connectivity index (χ1) is 19.1. The lowest BCUT2D eigenvalue weighted by molar-refractivity contribution is 0.262. The molecule has 0 spiro atoms. The van der Waals surface area contributed by atoms with E-state index in [0.29, 0.717) is 17.2 Å². The van der Waals surface area contributed by atoms with Crippen LogP contribution in [0.3, 0.4) is 0 Å². The van der Waals surface area contributed by atoms with E-state index in [4.69, 9.17) is 17.8 Å². The van der Waals surface area contributed by atoms with Gasteiger partial charge < -0.3 is 28.5 Å². The fourth-order valence-corrected chi connectivity index (χ4v) is 5.33. The van der Waals surface area contributed by atoms with E-state index in [2.05, 4.69) is 10.6 Å². The summed E-state index contributed by atoms with van der Waals surface area (Å²) in [6.07, 6.45) is 0. The Balaban J connectivity index is 1.42. The van der Waals surface area contributed by atoms with E-state index in [9.17, 15) is 21.6 Å². The molecular weight excluding hydrogens is 560 g/mol. The number of urea groups is 1. The number of benzene rings is 4. The molecule has 0 aliphatic rings. The minimum absolute atomic E-state index is 0.0234. The first-order valence-corrected chi connectivity index (χ1v) is 14.4. The average Bonchev–Trinajstić information content (AvgIpc) is 2.95. The van der Waals surface area contributed by atoms with E-state index in [0.717, 1.165) is 0 Å². The molecule has 4 aromatic carbocycles. The number of rotatable bonds is 10. The van der Waals surface area contributed by atoms with E-state index < -0.39 is 26.3 Å². The first kappa shape index (κ1) is 28.3. The molecule has 0 saturated heterocycles. The summed E-state index contributed by atoms with van der Waals surface area (Å²) in [5.41, 5.74) is 0.404. The Morgan fingerprint density at radius 3 is 1.73 bits per heavy atom. The van der Waals surface area contributed by atoms with Gasteiger partial charge in [0.1, 0.15) is 27.0 Å². The van der Waals surface area contributed by atoms with Crippen molar-refractivity contribution in [1.82, 2.24) is 0 Å². The van der Waals surface area contributed by atoms with Crippen LogP contribution >= 0.6 is 0 Å². The molecule has 13 heteroatoms. The van der Waals surface area contributed by atoms with Crippen LogP contribution in [0.4, 0.5) is 16.2 Å². The zero-order valence-electron chi connectivity index (χ0n) is 21.2. The van der Waals surface area contributed by atoms with Crippen molar-refractivity contribution in [3.63, 3.8) is 0 Å². The highest BCUT2D eigenvalue weighted by molar-refractivity contribution is 7.87. The number of carbonyl (C=O) groups is 1. The second kappa shape index (κ2) is 12.0. The molecule has 0 bridgehead atoms. The van der Waals surface area contributed by atoms with Crippen LogP contribution in [0.25, 0.3) is 0 Å². The van der Waals surface area contributed by atoms with E-state index in [1.165, 1.54) is 87.0 Å². The van der Waals surface area contributed by atoms with Gasteiger partial charge in [0.15, 0.2) is 5.75 Å². The zero-order chi connectivity index (χ0) is 28.8. The fraction of sp³-hybridized carbons (Fsp3) is 0.0741. The smallest absolute Gasteiger partial charge is 0.339 e. The van der Waals surface area contributed by atoms with E-state index in [1.807, 2.05) is 0 Å². The van der Waals surface area contributed by atoms with Crippen LogP contribution in [0, 0.1) is 0 Å². The Morgan fingerprint density at radius 2 is 1.15 bits per heavy atom. The Bertz CT molecular complexity index is 1720. The van der Waals surface area contributed by atoms with Crippen molar-refractivity contribution in [2.75, 3.05) is 24.9 Å². The highest BCUT2D eigenvalue weighted by Gasteiger charge is 2.20. The molecule has 0 aliphatic heterocycles. The summed E-state index contributed by atoms with van der Waals surface area (Å²) >= 11 is 0. The van der Waals surface area contributed by atoms with Gasteiger partial charge in [-0.15, -0.1) is 0 Å². The summed E-state index contributed by atoms with van der Waals surface area (Å²) in [6, 6.07) is 22.5. The second-order valence-corrected chi connectivity index (χ2v) is 11.1. The molecule has 0 saturated carbocycles. The van der Waals surface area contributed by atoms with Gasteiger partial charge in [0.05, 0.1) is 19.9 Å². The monoisotopic (exact) mass is 584 g/mol. The molecule has 40 heavy (non-hydrogen) atoms. The van der Waals surface area contributed by atoms with Crippen molar-refractivity contribution >= 4 is 37.6 Å². The summed E-state index contributed by atoms with van der Waals surface area (Å²) in [7, 11) is -5.51. The van der Waals surface area contributed by atoms with E-state index >= 15 is 0 Å². The number of anilines is 2. The lowest BCUT2D eigenvalue weighted by atomic mass is 10.3. The van der Waals surface area contributed by atoms with Crippen LogP contribution in [0.2, 0.25) is 0 Å². The van der Waals surface area contributed by atoms with Gasteiger partial charge >= 0.3 is 26.3 Å². The standard InChI is InChI=1S/C27H24N2O9S2/c1-35-21-7-5-9-23(17-21)39(31,32)37-20-15-13-19(14-16-20)28-27(30)29-25-11-3-4-12-26(25)38-40(33,34)24-10-6-8-22(18-24)36-2/h3-18H,1-2H3,(H2,28,29,30). The normalized spacial score (nSPS) is 11.2. The van der Waals surface area contributed by atoms with Crippen molar-refractivity contribution in [3.8, 4) is 23.0 Å². The number of ether oxygens (including phenoxy) is 2. The van der Waals surface area contributed by atoms with Crippen molar-refractivity contribution < 1.29 is 39.5 Å². The van der Waals surface area contributed by atoms with Crippen LogP contribution in [0.1, 0.15) is 0 Å². The molecule has 0 heterocycles. The third-order valence-electron chi connectivity index (χ3n) is 5.31. The highest BCUT2D eigenvalue weighted by atomic mass is 32.2. The molecule has 4 aromatic rings. The molecule has 2 N–H and O–H groups in total. The van der Waals surface area contributed by atoms with Crippen LogP contribution in [-0.4, -0.2) is 37.1 Å². The number of para-hydroxylation sites is 2. The largest absolute Gasteiger partial charge is 0.497 e. The molecule has 2 amide bonds. The van der Waals surface area contributed by atoms with Gasteiger partial charge in [0.25, 0.3) is 0 Å². The predicted molar refractivity (Wildman–Crippen MR) is 147 cm³/mol. The molecule has 11 nitrogen and oxygen atoms in total. The van der Waals surface area contributed by atoms with Gasteiger partial charge in [-0.2, -0.15) is 16.8 Å². The second-order valence-electron chi connectivity index (χ2n) is 8.03. The summed E-state index contributed by atoms with van der Waals surface area (Å²) < 4.78 is 71.3. The van der Waals surface area contributed by atoms with Crippen molar-refractivity contribution in [3.05, 3.63) is 97.1 Å². The van der Waals surface area contributed by atoms with Gasteiger partial charge in [0, 0.05) is 17.8 Å². The lowest BCUT2D eigenvalue weighted by Crippen LogP contribution is -2.20. The number of amides is 2. The molecule has 0 fully saturated rings. The topological polar surface area (TPSA) is 146 Å². The molecule has 208 valence electrons. The number of hydrogen-bond acceptors (Lipinski definition) is 9. The van der Waals surface area contributed by atoms with Crippen LogP contribution < -0.4 is 28.5 Å². The maximum absolute atomic E-state index is 12.8. The SMILES string of the molecule is COc1cccc(S(=O)(=O)Oc2ccc(NC(=O)Nc3ccccc3OS(=O)(=O)c3cccc(OC)c3)cc2)c1. The minimum Gasteiger partial charge on any atom is -0.497 e. The van der Waals surface area contributed by atoms with Gasteiger partial charge in [-0.3, -0.25) is 0 Å². The zero-order valence-corrected chi connectivity index (χ0v) is 22.9. The number of hydrogen-bond donors (Lipinski definition) is 2. The predicted octanol–water partition coefficient (Wildman–Crippen LogP) is 4.88. The third-order valence-corrected chi connectivity index (χ3v) is 7.79. The first-order valence-electron chi connectivity index (χ1n) is 11.5. The maximum Gasteiger partial charge on any atom is 0.339 e. The van der Waals surface area contributed by atoms with E-state index in [1.54, 1.807) is 24.3 Å². The summed E-state index contributed by atoms with van der Waals surface area (Å²) in [5.74, 6) is 0.618. The summed E-state index contributed by atoms with van der Waals surface area (Å²) in [6.45, 7) is 0. The Kier molecular flexibility index (Phi) is 8.46. The van der Waals surface area contributed by atoms with Crippen molar-refractivity contribution in [2.24, 2.45) is 0 Å². The van der Waals surface area contributed by atoms with Crippen molar-refractivity contribution in [1.29, 1.82) is 0 Å². The Morgan fingerprint density at radius 1 is 0.600 bits per heavy atom. The summed E-state index contributed by atoms with van der Waals surface area (Å²) in [5, 5.41) is 5.11. The fourth-order valence-electron chi connectivity index (χ4n) is 3.38. The molecule has 0 unspecified atom stereocenters. The van der Waals surface area contributed by atoms with Gasteiger partial charge in [-0.25, -0.2) is 4.79 Å². The molecular formula is C27H24N2O9S2. The highest BCUT2D eigenvalue weighted by Crippen LogP contribution is 2.29. The molecule has 0 radical (unpaired) electrons. The molecule has 0 aliphatic carbocycles. The number of nitrogens with one attached hydrogen (secondary N) is 2. The van der Waals surface area contributed by atoms with E-state index in [-0.39, 0.29) is 27.0 Å². The van der Waals surface area contributed by atoms with Crippen LogP contribution in [-0.2, 0) is 20.2 Å².